The fraction of sp³-hybridized carbons (Fsp3) is 0.683. The van der Waals surface area contributed by atoms with Crippen LogP contribution in [0.3, 0.4) is 0 Å². The van der Waals surface area contributed by atoms with E-state index in [1.165, 1.54) is 12.7 Å². The van der Waals surface area contributed by atoms with E-state index in [0.29, 0.717) is 24.2 Å². The SMILES string of the molecule is C=CC(C)(C)OC[C@H]1O[C@H](O[C@@H]2C3=C(C(C)C)C[C@H](OCc4ccccc4C(=O)OC)[C@]3(C)/C=C3/[C@@H](COC)CC[C@H]3[C@@H](C)[C@H]2O)[C@H](O)[C@@H](O)[C@@H]1O. The molecule has 52 heavy (non-hydrogen) atoms. The molecule has 290 valence electrons. The highest BCUT2D eigenvalue weighted by Crippen LogP contribution is 2.56. The normalized spacial score (nSPS) is 37.6. The molecule has 11 heteroatoms. The largest absolute Gasteiger partial charge is 0.465 e. The molecule has 1 aromatic rings. The van der Waals surface area contributed by atoms with Crippen LogP contribution in [0, 0.1) is 29.1 Å². The van der Waals surface area contributed by atoms with Crippen LogP contribution >= 0.6 is 0 Å². The number of benzene rings is 1. The molecule has 1 saturated carbocycles. The van der Waals surface area contributed by atoms with E-state index in [1.54, 1.807) is 25.3 Å². The van der Waals surface area contributed by atoms with Crippen molar-refractivity contribution in [1.29, 1.82) is 0 Å². The zero-order valence-electron chi connectivity index (χ0n) is 32.0. The highest BCUT2D eigenvalue weighted by atomic mass is 16.7. The van der Waals surface area contributed by atoms with Crippen LogP contribution in [-0.2, 0) is 35.0 Å². The number of hydrogen-bond acceptors (Lipinski definition) is 11. The molecule has 0 radical (unpaired) electrons. The lowest BCUT2D eigenvalue weighted by Crippen LogP contribution is -2.61. The van der Waals surface area contributed by atoms with E-state index in [9.17, 15) is 25.2 Å². The summed E-state index contributed by atoms with van der Waals surface area (Å²) in [5, 5.41) is 45.6. The summed E-state index contributed by atoms with van der Waals surface area (Å²) in [5.41, 5.74) is 2.75. The van der Waals surface area contributed by atoms with Crippen LogP contribution in [0.2, 0.25) is 0 Å². The lowest BCUT2D eigenvalue weighted by atomic mass is 9.68. The number of aliphatic hydroxyl groups is 4. The summed E-state index contributed by atoms with van der Waals surface area (Å²) in [6, 6.07) is 7.23. The molecule has 0 bridgehead atoms. The van der Waals surface area contributed by atoms with Gasteiger partial charge in [-0.2, -0.15) is 0 Å². The molecular formula is C41H60O11. The molecule has 0 amide bonds. The van der Waals surface area contributed by atoms with E-state index >= 15 is 0 Å². The van der Waals surface area contributed by atoms with Crippen molar-refractivity contribution in [2.24, 2.45) is 29.1 Å². The summed E-state index contributed by atoms with van der Waals surface area (Å²) in [5.74, 6) is -0.430. The predicted octanol–water partition coefficient (Wildman–Crippen LogP) is 4.50. The Balaban J connectivity index is 1.57. The molecule has 12 atom stereocenters. The van der Waals surface area contributed by atoms with Gasteiger partial charge >= 0.3 is 5.97 Å². The average Bonchev–Trinajstić information content (AvgIpc) is 3.64. The molecule has 2 fully saturated rings. The number of fused-ring (bicyclic) bond motifs is 2. The molecule has 0 aromatic heterocycles. The maximum absolute atomic E-state index is 12.6. The third-order valence-corrected chi connectivity index (χ3v) is 11.9. The Morgan fingerprint density at radius 2 is 1.77 bits per heavy atom. The number of aliphatic hydroxyl groups excluding tert-OH is 4. The minimum Gasteiger partial charge on any atom is -0.465 e. The molecule has 4 aliphatic rings. The minimum absolute atomic E-state index is 0.0373. The zero-order valence-corrected chi connectivity index (χ0v) is 32.0. The van der Waals surface area contributed by atoms with E-state index in [4.69, 9.17) is 28.4 Å². The summed E-state index contributed by atoms with van der Waals surface area (Å²) >= 11 is 0. The van der Waals surface area contributed by atoms with Crippen molar-refractivity contribution in [3.63, 3.8) is 0 Å². The second-order valence-corrected chi connectivity index (χ2v) is 16.0. The quantitative estimate of drug-likeness (QED) is 0.168. The van der Waals surface area contributed by atoms with Gasteiger partial charge in [-0.25, -0.2) is 4.79 Å². The summed E-state index contributed by atoms with van der Waals surface area (Å²) in [7, 11) is 3.06. The highest BCUT2D eigenvalue weighted by molar-refractivity contribution is 5.90. The Bertz CT molecular complexity index is 1480. The van der Waals surface area contributed by atoms with E-state index in [-0.39, 0.29) is 36.9 Å². The number of esters is 1. The molecule has 1 heterocycles. The zero-order chi connectivity index (χ0) is 38.1. The summed E-state index contributed by atoms with van der Waals surface area (Å²) in [4.78, 5) is 12.6. The van der Waals surface area contributed by atoms with Gasteiger partial charge in [0.25, 0.3) is 0 Å². The predicted molar refractivity (Wildman–Crippen MR) is 194 cm³/mol. The second-order valence-electron chi connectivity index (χ2n) is 16.0. The molecule has 1 aliphatic heterocycles. The van der Waals surface area contributed by atoms with Crippen LogP contribution in [0.25, 0.3) is 0 Å². The molecule has 5 rings (SSSR count). The Morgan fingerprint density at radius 3 is 2.42 bits per heavy atom. The molecule has 0 unspecified atom stereocenters. The Hall–Kier alpha value is -2.45. The second kappa shape index (κ2) is 16.5. The van der Waals surface area contributed by atoms with Crippen molar-refractivity contribution in [3.05, 3.63) is 70.8 Å². The van der Waals surface area contributed by atoms with Crippen LogP contribution in [0.15, 0.2) is 59.7 Å². The number of methoxy groups -OCH3 is 2. The Kier molecular flexibility index (Phi) is 12.9. The van der Waals surface area contributed by atoms with Crippen LogP contribution in [-0.4, -0.2) is 108 Å². The number of carbonyl (C=O) groups is 1. The molecular weight excluding hydrogens is 668 g/mol. The van der Waals surface area contributed by atoms with Crippen molar-refractivity contribution in [3.8, 4) is 0 Å². The molecule has 4 N–H and O–H groups in total. The minimum atomic E-state index is -1.60. The number of ether oxygens (including phenoxy) is 6. The van der Waals surface area contributed by atoms with E-state index in [0.717, 1.165) is 24.0 Å². The lowest BCUT2D eigenvalue weighted by molar-refractivity contribution is -0.319. The van der Waals surface area contributed by atoms with Gasteiger partial charge < -0.3 is 48.8 Å². The average molecular weight is 729 g/mol. The van der Waals surface area contributed by atoms with Gasteiger partial charge in [-0.15, -0.1) is 6.58 Å². The Morgan fingerprint density at radius 1 is 1.06 bits per heavy atom. The van der Waals surface area contributed by atoms with Crippen molar-refractivity contribution in [1.82, 2.24) is 0 Å². The van der Waals surface area contributed by atoms with Crippen LogP contribution in [0.1, 0.15) is 76.7 Å². The topological polar surface area (TPSA) is 153 Å². The third kappa shape index (κ3) is 7.99. The van der Waals surface area contributed by atoms with Gasteiger partial charge in [0.1, 0.15) is 30.5 Å². The first-order chi connectivity index (χ1) is 24.6. The lowest BCUT2D eigenvalue weighted by Gasteiger charge is -2.47. The highest BCUT2D eigenvalue weighted by Gasteiger charge is 2.56. The van der Waals surface area contributed by atoms with E-state index < -0.39 is 66.0 Å². The molecule has 3 aliphatic carbocycles. The van der Waals surface area contributed by atoms with Gasteiger partial charge in [0.05, 0.1) is 50.3 Å². The van der Waals surface area contributed by atoms with Crippen LogP contribution in [0.5, 0.6) is 0 Å². The first kappa shape index (κ1) is 40.7. The molecule has 1 aromatic carbocycles. The van der Waals surface area contributed by atoms with E-state index in [2.05, 4.69) is 33.4 Å². The molecule has 1 saturated heterocycles. The van der Waals surface area contributed by atoms with E-state index in [1.807, 2.05) is 32.9 Å². The third-order valence-electron chi connectivity index (χ3n) is 11.9. The van der Waals surface area contributed by atoms with Gasteiger partial charge in [0.2, 0.25) is 0 Å². The number of hydrogen-bond donors (Lipinski definition) is 4. The van der Waals surface area contributed by atoms with Gasteiger partial charge in [-0.05, 0) is 75.0 Å². The summed E-state index contributed by atoms with van der Waals surface area (Å²) < 4.78 is 36.4. The van der Waals surface area contributed by atoms with Crippen molar-refractivity contribution in [2.75, 3.05) is 27.4 Å². The van der Waals surface area contributed by atoms with Gasteiger partial charge in [-0.3, -0.25) is 0 Å². The maximum Gasteiger partial charge on any atom is 0.338 e. The summed E-state index contributed by atoms with van der Waals surface area (Å²) in [6.07, 6.45) is -3.17. The van der Waals surface area contributed by atoms with Gasteiger partial charge in [-0.1, -0.05) is 62.3 Å². The first-order valence-electron chi connectivity index (χ1n) is 18.6. The summed E-state index contributed by atoms with van der Waals surface area (Å²) in [6.45, 7) is 16.4. The van der Waals surface area contributed by atoms with Crippen molar-refractivity contribution >= 4 is 5.97 Å². The number of rotatable bonds is 13. The smallest absolute Gasteiger partial charge is 0.338 e. The standard InChI is InChI=1S/C41H60O11/c1-10-40(5,6)50-21-30-34(43)35(44)36(45)39(51-30)52-37-32-28(22(2)3)17-31(49-20-24-13-11-12-14-27(24)38(46)48-9)41(32,7)18-29-25(19-47-8)15-16-26(29)23(4)33(37)42/h10-14,18,22-23,25-26,30-31,33-37,39,42-45H,1,15-17,19-21H2,2-9H3/b29-18-/t23-,25-,26+,30-,31+,33-,34-,35+,36-,37-,39-,41+/m1/s1. The number of carbonyl (C=O) groups excluding carboxylic acids is 1. The fourth-order valence-corrected chi connectivity index (χ4v) is 8.66. The first-order valence-corrected chi connectivity index (χ1v) is 18.6. The van der Waals surface area contributed by atoms with Crippen molar-refractivity contribution in [2.45, 2.75) is 122 Å². The van der Waals surface area contributed by atoms with Gasteiger partial charge in [0, 0.05) is 18.4 Å². The van der Waals surface area contributed by atoms with Crippen LogP contribution < -0.4 is 0 Å². The maximum atomic E-state index is 12.6. The molecule has 0 spiro atoms. The monoisotopic (exact) mass is 728 g/mol. The van der Waals surface area contributed by atoms with Crippen molar-refractivity contribution < 1.29 is 53.6 Å². The van der Waals surface area contributed by atoms with Crippen LogP contribution in [0.4, 0.5) is 0 Å². The Labute approximate surface area is 308 Å². The fourth-order valence-electron chi connectivity index (χ4n) is 8.66. The molecule has 11 nitrogen and oxygen atoms in total. The van der Waals surface area contributed by atoms with Gasteiger partial charge in [0.15, 0.2) is 6.29 Å².